The van der Waals surface area contributed by atoms with Crippen molar-refractivity contribution in [1.82, 2.24) is 0 Å². The van der Waals surface area contributed by atoms with Gasteiger partial charge in [-0.1, -0.05) is 229 Å². The van der Waals surface area contributed by atoms with E-state index in [4.69, 9.17) is 62.3 Å². The molecule has 478 valence electrons. The summed E-state index contributed by atoms with van der Waals surface area (Å²) in [6.07, 6.45) is 24.9. The second-order valence-electron chi connectivity index (χ2n) is 22.1. The van der Waals surface area contributed by atoms with E-state index in [9.17, 15) is 9.59 Å². The minimum atomic E-state index is -0.601. The van der Waals surface area contributed by atoms with Crippen molar-refractivity contribution in [2.45, 2.75) is 196 Å². The van der Waals surface area contributed by atoms with Gasteiger partial charge in [-0.15, -0.1) is 0 Å². The number of carbonyl (C=O) groups excluding carboxylic acids is 2. The SMILES string of the molecule is CCCCCCOc1cc(C#Cc2cc(OCCCCCC)c(C#Cc3cc(OCCCCCC)c(C#Cc4ccc(OC(=O)C=S)cc4)cc3OCCCCCC)cc2OCCCCCC)c(OCCCCCC)cc1C#Cc1ccc(OC(=O)C=S)cc1. The fraction of sp³-hybridized carbons (Fsp3) is 0.462. The summed E-state index contributed by atoms with van der Waals surface area (Å²) in [5.41, 5.74) is 5.42. The van der Waals surface area contributed by atoms with Gasteiger partial charge in [-0.05, 0) is 87.1 Å². The molecule has 0 heterocycles. The second-order valence-corrected chi connectivity index (χ2v) is 22.6. The maximum Gasteiger partial charge on any atom is 0.347 e. The van der Waals surface area contributed by atoms with Crippen LogP contribution in [0.25, 0.3) is 0 Å². The van der Waals surface area contributed by atoms with E-state index in [2.05, 4.69) is 88.9 Å². The van der Waals surface area contributed by atoms with Gasteiger partial charge in [0.2, 0.25) is 0 Å². The van der Waals surface area contributed by atoms with Crippen LogP contribution in [0.3, 0.4) is 0 Å². The van der Waals surface area contributed by atoms with Crippen molar-refractivity contribution in [3.63, 3.8) is 0 Å². The highest BCUT2D eigenvalue weighted by atomic mass is 32.1. The molecule has 10 nitrogen and oxygen atoms in total. The first kappa shape index (κ1) is 73.0. The van der Waals surface area contributed by atoms with Crippen LogP contribution < -0.4 is 37.9 Å². The maximum absolute atomic E-state index is 11.8. The Kier molecular flexibility index (Phi) is 36.2. The molecule has 90 heavy (non-hydrogen) atoms. The second kappa shape index (κ2) is 44.7. The standard InChI is InChI=1S/C78H94O10S2/c1-7-13-19-25-47-81-71-55-65(73(83-49-27-21-15-9-3)53-63(71)37-31-61-33-43-69(44-34-61)87-77(79)59-89)39-41-67-57-76(86-52-30-24-18-12-6)68(58-75(67)85-51-29-23-17-11-5)42-40-66-56-72(82-48-26-20-14-8-2)64(54-74(66)84-50-28-22-16-10-4)38-32-62-35-45-70(46-36-62)88-78(80)60-90/h33-36,43-46,53-60H,7-30,47-52H2,1-6H3. The Hall–Kier alpha value is -7.74. The quantitative estimate of drug-likeness (QED) is 0.0122. The highest BCUT2D eigenvalue weighted by Crippen LogP contribution is 2.34. The van der Waals surface area contributed by atoms with Gasteiger partial charge in [0.05, 0.1) is 83.8 Å². The normalized spacial score (nSPS) is 10.4. The summed E-state index contributed by atoms with van der Waals surface area (Å²) in [5.74, 6) is 30.6. The lowest BCUT2D eigenvalue weighted by molar-refractivity contribution is -0.127. The van der Waals surface area contributed by atoms with E-state index in [1.54, 1.807) is 48.5 Å². The van der Waals surface area contributed by atoms with Crippen molar-refractivity contribution in [3.05, 3.63) is 129 Å². The molecule has 0 aliphatic carbocycles. The van der Waals surface area contributed by atoms with Gasteiger partial charge in [0, 0.05) is 47.5 Å². The first-order chi connectivity index (χ1) is 44.1. The molecule has 0 saturated carbocycles. The number of carbonyl (C=O) groups is 2. The summed E-state index contributed by atoms with van der Waals surface area (Å²) in [4.78, 5) is 23.7. The Labute approximate surface area is 549 Å². The van der Waals surface area contributed by atoms with Crippen LogP contribution in [0.5, 0.6) is 46.0 Å². The lowest BCUT2D eigenvalue weighted by atomic mass is 10.0. The fourth-order valence-electron chi connectivity index (χ4n) is 9.29. The van der Waals surface area contributed by atoms with Crippen LogP contribution in [-0.4, -0.2) is 62.3 Å². The molecular weight excluding hydrogens is 1160 g/mol. The molecule has 5 aromatic carbocycles. The molecule has 5 rings (SSSR count). The predicted molar refractivity (Wildman–Crippen MR) is 373 cm³/mol. The zero-order valence-electron chi connectivity index (χ0n) is 54.3. The van der Waals surface area contributed by atoms with Gasteiger partial charge in [0.25, 0.3) is 0 Å². The zero-order valence-corrected chi connectivity index (χ0v) is 56.0. The molecular formula is C78H94O10S2. The van der Waals surface area contributed by atoms with Gasteiger partial charge in [0.15, 0.2) is 0 Å². The smallest absolute Gasteiger partial charge is 0.347 e. The number of hydrogen-bond donors (Lipinski definition) is 0. The van der Waals surface area contributed by atoms with Crippen LogP contribution in [-0.2, 0) is 9.59 Å². The molecule has 0 aliphatic rings. The third-order valence-corrected chi connectivity index (χ3v) is 14.8. The van der Waals surface area contributed by atoms with E-state index >= 15 is 0 Å². The largest absolute Gasteiger partial charge is 0.492 e. The lowest BCUT2D eigenvalue weighted by Gasteiger charge is -2.15. The first-order valence-electron chi connectivity index (χ1n) is 33.1. The van der Waals surface area contributed by atoms with Crippen molar-refractivity contribution in [3.8, 4) is 93.4 Å². The topological polar surface area (TPSA) is 108 Å². The van der Waals surface area contributed by atoms with Crippen molar-refractivity contribution in [2.75, 3.05) is 39.6 Å². The van der Waals surface area contributed by atoms with Crippen LogP contribution in [0.4, 0.5) is 0 Å². The summed E-state index contributed by atoms with van der Waals surface area (Å²) < 4.78 is 50.4. The summed E-state index contributed by atoms with van der Waals surface area (Å²) >= 11 is 9.47. The average Bonchev–Trinajstić information content (AvgIpc) is 1.82. The molecule has 0 unspecified atom stereocenters. The van der Waals surface area contributed by atoms with Crippen molar-refractivity contribution < 1.29 is 47.5 Å². The molecule has 0 aliphatic heterocycles. The summed E-state index contributed by atoms with van der Waals surface area (Å²) in [7, 11) is 0. The van der Waals surface area contributed by atoms with Gasteiger partial charge in [-0.25, -0.2) is 9.59 Å². The summed E-state index contributed by atoms with van der Waals surface area (Å²) in [6.45, 7) is 16.2. The minimum Gasteiger partial charge on any atom is -0.492 e. The van der Waals surface area contributed by atoms with Crippen molar-refractivity contribution in [2.24, 2.45) is 0 Å². The van der Waals surface area contributed by atoms with Crippen LogP contribution >= 0.6 is 24.4 Å². The van der Waals surface area contributed by atoms with Crippen LogP contribution in [0.15, 0.2) is 84.9 Å². The van der Waals surface area contributed by atoms with Gasteiger partial charge in [-0.2, -0.15) is 0 Å². The Morgan fingerprint density at radius 3 is 0.689 bits per heavy atom. The van der Waals surface area contributed by atoms with Gasteiger partial charge < -0.3 is 37.9 Å². The lowest BCUT2D eigenvalue weighted by Crippen LogP contribution is -2.07. The predicted octanol–water partition coefficient (Wildman–Crippen LogP) is 18.9. The minimum absolute atomic E-state index is 0.379. The molecule has 5 aromatic rings. The highest BCUT2D eigenvalue weighted by Gasteiger charge is 2.17. The third-order valence-electron chi connectivity index (χ3n) is 14.5. The number of rotatable bonds is 40. The zero-order chi connectivity index (χ0) is 64.2. The monoisotopic (exact) mass is 1250 g/mol. The number of benzene rings is 5. The maximum atomic E-state index is 11.8. The van der Waals surface area contributed by atoms with Gasteiger partial charge in [-0.3, -0.25) is 0 Å². The number of ether oxygens (including phenoxy) is 8. The summed E-state index contributed by atoms with van der Waals surface area (Å²) in [5, 5.41) is 1.93. The molecule has 0 amide bonds. The number of esters is 2. The van der Waals surface area contributed by atoms with Crippen LogP contribution in [0.2, 0.25) is 0 Å². The van der Waals surface area contributed by atoms with Crippen molar-refractivity contribution >= 4 is 47.1 Å². The van der Waals surface area contributed by atoms with E-state index < -0.39 is 11.9 Å². The first-order valence-corrected chi connectivity index (χ1v) is 34.0. The number of thiocarbonyl (C=S) groups is 2. The molecule has 0 bridgehead atoms. The molecule has 0 spiro atoms. The van der Waals surface area contributed by atoms with E-state index in [1.807, 2.05) is 36.4 Å². The molecule has 0 aromatic heterocycles. The molecule has 0 radical (unpaired) electrons. The Morgan fingerprint density at radius 2 is 0.500 bits per heavy atom. The van der Waals surface area contributed by atoms with Crippen molar-refractivity contribution in [1.29, 1.82) is 0 Å². The highest BCUT2D eigenvalue weighted by molar-refractivity contribution is 7.80. The van der Waals surface area contributed by atoms with Crippen LogP contribution in [0, 0.1) is 47.4 Å². The molecule has 0 atom stereocenters. The van der Waals surface area contributed by atoms with E-state index in [0.717, 1.165) is 176 Å². The van der Waals surface area contributed by atoms with Crippen LogP contribution in [0.1, 0.15) is 240 Å². The number of unbranched alkanes of at least 4 members (excludes halogenated alkanes) is 18. The average molecular weight is 1260 g/mol. The molecule has 0 saturated heterocycles. The van der Waals surface area contributed by atoms with E-state index in [-0.39, 0.29) is 0 Å². The number of hydrogen-bond acceptors (Lipinski definition) is 12. The fourth-order valence-corrected chi connectivity index (χ4v) is 9.39. The molecule has 12 heteroatoms. The summed E-state index contributed by atoms with van der Waals surface area (Å²) in [6, 6.07) is 25.7. The molecule has 0 fully saturated rings. The van der Waals surface area contributed by atoms with Gasteiger partial charge in [0.1, 0.15) is 46.0 Å². The Balaban J connectivity index is 1.70. The van der Waals surface area contributed by atoms with E-state index in [1.165, 1.54) is 0 Å². The third kappa shape index (κ3) is 28.0. The Morgan fingerprint density at radius 1 is 0.300 bits per heavy atom. The molecule has 0 N–H and O–H groups in total. The van der Waals surface area contributed by atoms with Gasteiger partial charge >= 0.3 is 11.9 Å². The Bertz CT molecular complexity index is 3050. The van der Waals surface area contributed by atoms with E-state index in [0.29, 0.717) is 119 Å².